The van der Waals surface area contributed by atoms with E-state index in [-0.39, 0.29) is 6.10 Å². The largest absolute Gasteiger partial charge is 0.493 e. The van der Waals surface area contributed by atoms with Crippen LogP contribution in [-0.2, 0) is 0 Å². The maximum absolute atomic E-state index is 9.36. The Bertz CT molecular complexity index is 1030. The van der Waals surface area contributed by atoms with Crippen LogP contribution in [-0.4, -0.2) is 32.8 Å². The number of benzene rings is 3. The molecule has 4 rings (SSSR count). The van der Waals surface area contributed by atoms with Crippen LogP contribution >= 0.6 is 0 Å². The molecule has 1 atom stereocenters. The molecule has 1 unspecified atom stereocenters. The van der Waals surface area contributed by atoms with Gasteiger partial charge in [-0.1, -0.05) is 88.4 Å². The Balaban J connectivity index is 0.000000970. The number of hydrogen-bond donors (Lipinski definition) is 1. The molecular weight excluding hydrogens is 422 g/mol. The monoisotopic (exact) mass is 457 g/mol. The van der Waals surface area contributed by atoms with Gasteiger partial charge in [0.25, 0.3) is 0 Å². The zero-order valence-corrected chi connectivity index (χ0v) is 20.8. The van der Waals surface area contributed by atoms with E-state index < -0.39 is 0 Å². The smallest absolute Gasteiger partial charge is 0.164 e. The number of aliphatic hydroxyl groups is 1. The highest BCUT2D eigenvalue weighted by Gasteiger charge is 2.12. The molecule has 0 spiro atoms. The molecule has 3 aromatic carbocycles. The summed E-state index contributed by atoms with van der Waals surface area (Å²) >= 11 is 0. The van der Waals surface area contributed by atoms with E-state index in [2.05, 4.69) is 0 Å². The highest BCUT2D eigenvalue weighted by molar-refractivity contribution is 5.66. The number of aromatic nitrogens is 3. The van der Waals surface area contributed by atoms with Gasteiger partial charge in [-0.15, -0.1) is 0 Å². The molecule has 0 saturated carbocycles. The minimum Gasteiger partial charge on any atom is -0.493 e. The molecule has 4 aromatic rings. The summed E-state index contributed by atoms with van der Waals surface area (Å²) in [6.07, 6.45) is 0.220. The Morgan fingerprint density at radius 2 is 1.00 bits per heavy atom. The second kappa shape index (κ2) is 14.6. The number of nitrogens with zero attached hydrogens (tertiary/aromatic N) is 3. The predicted molar refractivity (Wildman–Crippen MR) is 141 cm³/mol. The first kappa shape index (κ1) is 26.7. The van der Waals surface area contributed by atoms with E-state index in [1.165, 1.54) is 0 Å². The van der Waals surface area contributed by atoms with Crippen LogP contribution in [0.15, 0.2) is 84.9 Å². The molecule has 0 bridgehead atoms. The highest BCUT2D eigenvalue weighted by Crippen LogP contribution is 2.25. The summed E-state index contributed by atoms with van der Waals surface area (Å²) in [6, 6.07) is 27.5. The third-order valence-corrected chi connectivity index (χ3v) is 4.62. The van der Waals surface area contributed by atoms with E-state index in [0.29, 0.717) is 30.5 Å². The van der Waals surface area contributed by atoms with Gasteiger partial charge in [-0.25, -0.2) is 15.0 Å². The lowest BCUT2D eigenvalue weighted by Crippen LogP contribution is -2.07. The number of rotatable bonds is 7. The van der Waals surface area contributed by atoms with E-state index in [4.69, 9.17) is 19.7 Å². The minimum atomic E-state index is -0.373. The van der Waals surface area contributed by atoms with Gasteiger partial charge in [0.15, 0.2) is 17.5 Å². The molecule has 1 aromatic heterocycles. The molecule has 0 aliphatic carbocycles. The summed E-state index contributed by atoms with van der Waals surface area (Å²) in [5.74, 6) is 2.63. The van der Waals surface area contributed by atoms with Gasteiger partial charge in [0.1, 0.15) is 5.75 Å². The Kier molecular flexibility index (Phi) is 11.4. The fraction of sp³-hybridized carbons (Fsp3) is 0.276. The summed E-state index contributed by atoms with van der Waals surface area (Å²) in [5, 5.41) is 9.36. The second-order valence-electron chi connectivity index (χ2n) is 7.05. The molecule has 0 saturated heterocycles. The van der Waals surface area contributed by atoms with Crippen LogP contribution in [0.5, 0.6) is 5.75 Å². The van der Waals surface area contributed by atoms with Crippen molar-refractivity contribution < 1.29 is 9.84 Å². The van der Waals surface area contributed by atoms with Crippen LogP contribution in [0.3, 0.4) is 0 Å². The molecule has 1 heterocycles. The maximum atomic E-state index is 9.36. The molecule has 0 radical (unpaired) electrons. The maximum Gasteiger partial charge on any atom is 0.164 e. The summed E-state index contributed by atoms with van der Waals surface area (Å²) in [6.45, 7) is 10.2. The lowest BCUT2D eigenvalue weighted by atomic mass is 10.1. The lowest BCUT2D eigenvalue weighted by Gasteiger charge is -2.10. The van der Waals surface area contributed by atoms with Crippen LogP contribution in [0, 0.1) is 0 Å². The quantitative estimate of drug-likeness (QED) is 0.321. The number of hydrogen-bond acceptors (Lipinski definition) is 5. The van der Waals surface area contributed by atoms with Gasteiger partial charge in [-0.3, -0.25) is 0 Å². The van der Waals surface area contributed by atoms with E-state index >= 15 is 0 Å². The van der Waals surface area contributed by atoms with Gasteiger partial charge in [0, 0.05) is 23.1 Å². The Labute approximate surface area is 203 Å². The van der Waals surface area contributed by atoms with Gasteiger partial charge >= 0.3 is 0 Å². The van der Waals surface area contributed by atoms with Crippen LogP contribution in [0.1, 0.15) is 41.0 Å². The van der Waals surface area contributed by atoms with Crippen molar-refractivity contribution in [2.24, 2.45) is 0 Å². The second-order valence-corrected chi connectivity index (χ2v) is 7.05. The SMILES string of the molecule is CC.CC.CC(O)CCOc1ccc(-c2nc(-c3ccccc3)nc(-c3ccccc3)n2)cc1. The zero-order chi connectivity index (χ0) is 24.8. The normalized spacial score (nSPS) is 10.8. The van der Waals surface area contributed by atoms with Crippen molar-refractivity contribution in [3.8, 4) is 39.9 Å². The van der Waals surface area contributed by atoms with Crippen molar-refractivity contribution in [2.75, 3.05) is 6.61 Å². The van der Waals surface area contributed by atoms with Crippen molar-refractivity contribution in [1.82, 2.24) is 15.0 Å². The van der Waals surface area contributed by atoms with Gasteiger partial charge < -0.3 is 9.84 Å². The van der Waals surface area contributed by atoms with Crippen LogP contribution in [0.25, 0.3) is 34.2 Å². The molecule has 34 heavy (non-hydrogen) atoms. The third kappa shape index (κ3) is 7.78. The number of ether oxygens (including phenoxy) is 1. The first-order valence-electron chi connectivity index (χ1n) is 12.0. The topological polar surface area (TPSA) is 68.1 Å². The van der Waals surface area contributed by atoms with Gasteiger partial charge in [-0.05, 0) is 31.2 Å². The van der Waals surface area contributed by atoms with Crippen molar-refractivity contribution in [2.45, 2.75) is 47.1 Å². The molecule has 0 aliphatic rings. The van der Waals surface area contributed by atoms with Gasteiger partial charge in [0.05, 0.1) is 12.7 Å². The van der Waals surface area contributed by atoms with Gasteiger partial charge in [-0.2, -0.15) is 0 Å². The fourth-order valence-electron chi connectivity index (χ4n) is 2.99. The van der Waals surface area contributed by atoms with E-state index in [1.54, 1.807) is 6.92 Å². The zero-order valence-electron chi connectivity index (χ0n) is 20.8. The molecule has 0 fully saturated rings. The summed E-state index contributed by atoms with van der Waals surface area (Å²) in [4.78, 5) is 14.1. The Morgan fingerprint density at radius 1 is 0.618 bits per heavy atom. The van der Waals surface area contributed by atoms with Crippen molar-refractivity contribution in [3.63, 3.8) is 0 Å². The van der Waals surface area contributed by atoms with E-state index in [1.807, 2.05) is 113 Å². The highest BCUT2D eigenvalue weighted by atomic mass is 16.5. The minimum absolute atomic E-state index is 0.373. The molecular formula is C29H35N3O2. The Hall–Kier alpha value is -3.57. The molecule has 1 N–H and O–H groups in total. The van der Waals surface area contributed by atoms with Crippen LogP contribution in [0.2, 0.25) is 0 Å². The van der Waals surface area contributed by atoms with Crippen molar-refractivity contribution in [3.05, 3.63) is 84.9 Å². The summed E-state index contributed by atoms with van der Waals surface area (Å²) < 4.78 is 5.68. The first-order valence-corrected chi connectivity index (χ1v) is 12.0. The molecule has 5 nitrogen and oxygen atoms in total. The number of aliphatic hydroxyl groups excluding tert-OH is 1. The fourth-order valence-corrected chi connectivity index (χ4v) is 2.99. The first-order chi connectivity index (χ1) is 16.7. The van der Waals surface area contributed by atoms with Crippen LogP contribution < -0.4 is 4.74 Å². The summed E-state index contributed by atoms with van der Waals surface area (Å²) in [5.41, 5.74) is 2.77. The predicted octanol–water partition coefficient (Wildman–Crippen LogP) is 7.07. The molecule has 5 heteroatoms. The average Bonchev–Trinajstić information content (AvgIpc) is 2.92. The molecule has 178 valence electrons. The molecule has 0 amide bonds. The summed E-state index contributed by atoms with van der Waals surface area (Å²) in [7, 11) is 0. The Morgan fingerprint density at radius 3 is 1.38 bits per heavy atom. The third-order valence-electron chi connectivity index (χ3n) is 4.62. The van der Waals surface area contributed by atoms with Crippen molar-refractivity contribution in [1.29, 1.82) is 0 Å². The van der Waals surface area contributed by atoms with Crippen molar-refractivity contribution >= 4 is 0 Å². The standard InChI is InChI=1S/C25H23N3O2.2C2H6/c1-18(29)16-17-30-22-14-12-21(13-15-22)25-27-23(19-8-4-2-5-9-19)26-24(28-25)20-10-6-3-7-11-20;2*1-2/h2-15,18,29H,16-17H2,1H3;2*1-2H3. The van der Waals surface area contributed by atoms with E-state index in [0.717, 1.165) is 22.4 Å². The van der Waals surface area contributed by atoms with E-state index in [9.17, 15) is 5.11 Å². The average molecular weight is 458 g/mol. The van der Waals surface area contributed by atoms with Gasteiger partial charge in [0.2, 0.25) is 0 Å². The van der Waals surface area contributed by atoms with Crippen LogP contribution in [0.4, 0.5) is 0 Å². The molecule has 0 aliphatic heterocycles. The lowest BCUT2D eigenvalue weighted by molar-refractivity contribution is 0.155.